The van der Waals surface area contributed by atoms with Crippen LogP contribution in [0.2, 0.25) is 0 Å². The number of carbonyl (C=O) groups excluding carboxylic acids is 1. The Morgan fingerprint density at radius 1 is 1.22 bits per heavy atom. The summed E-state index contributed by atoms with van der Waals surface area (Å²) < 4.78 is 2.77. The Morgan fingerprint density at radius 2 is 2.00 bits per heavy atom. The second-order valence-corrected chi connectivity index (χ2v) is 9.12. The average molecular weight is 449 g/mol. The molecule has 5 rings (SSSR count). The summed E-state index contributed by atoms with van der Waals surface area (Å²) in [4.78, 5) is 23.8. The number of nitrogens with zero attached hydrogens (tertiary/aromatic N) is 5. The Morgan fingerprint density at radius 3 is 2.78 bits per heavy atom. The van der Waals surface area contributed by atoms with Crippen LogP contribution in [0.4, 0.5) is 5.82 Å². The number of nitrogens with two attached hydrogens (primary N) is 1. The number of thiazole rings is 1. The Bertz CT molecular complexity index is 1240. The third-order valence-electron chi connectivity index (χ3n) is 5.91. The normalized spacial score (nSPS) is 15.9. The number of nitrogen functional groups attached to an aromatic ring is 1. The zero-order chi connectivity index (χ0) is 22.2. The van der Waals surface area contributed by atoms with E-state index in [9.17, 15) is 9.90 Å². The van der Waals surface area contributed by atoms with Crippen molar-refractivity contribution >= 4 is 33.3 Å². The van der Waals surface area contributed by atoms with E-state index in [2.05, 4.69) is 10.1 Å². The highest BCUT2D eigenvalue weighted by molar-refractivity contribution is 7.21. The number of aliphatic hydroxyl groups is 1. The van der Waals surface area contributed by atoms with E-state index in [1.54, 1.807) is 33.3 Å². The van der Waals surface area contributed by atoms with Crippen molar-refractivity contribution in [3.05, 3.63) is 48.9 Å². The molecule has 8 nitrogen and oxygen atoms in total. The summed E-state index contributed by atoms with van der Waals surface area (Å²) in [7, 11) is 0. The van der Waals surface area contributed by atoms with Gasteiger partial charge in [-0.1, -0.05) is 12.1 Å². The lowest BCUT2D eigenvalue weighted by Gasteiger charge is -2.31. The van der Waals surface area contributed by atoms with Gasteiger partial charge in [-0.05, 0) is 38.0 Å². The Labute approximate surface area is 189 Å². The molecule has 0 aliphatic carbocycles. The minimum Gasteiger partial charge on any atom is -0.393 e. The molecule has 4 aromatic rings. The quantitative estimate of drug-likeness (QED) is 0.495. The molecule has 1 amide bonds. The molecule has 4 heterocycles. The molecular formula is C23H24N6O2S. The highest BCUT2D eigenvalue weighted by Gasteiger charge is 2.26. The number of para-hydroxylation sites is 1. The lowest BCUT2D eigenvalue weighted by atomic mass is 10.1. The first-order valence-corrected chi connectivity index (χ1v) is 11.4. The third-order valence-corrected chi connectivity index (χ3v) is 6.98. The number of likely N-dealkylation sites (tertiary alicyclic amines) is 1. The molecule has 1 aliphatic heterocycles. The van der Waals surface area contributed by atoms with E-state index in [1.165, 1.54) is 0 Å². The minimum absolute atomic E-state index is 0.0112. The van der Waals surface area contributed by atoms with Crippen molar-refractivity contribution in [2.24, 2.45) is 0 Å². The van der Waals surface area contributed by atoms with Gasteiger partial charge >= 0.3 is 0 Å². The van der Waals surface area contributed by atoms with E-state index in [-0.39, 0.29) is 12.0 Å². The Balaban J connectivity index is 1.40. The van der Waals surface area contributed by atoms with E-state index in [0.29, 0.717) is 31.7 Å². The van der Waals surface area contributed by atoms with Gasteiger partial charge in [0.25, 0.3) is 0 Å². The van der Waals surface area contributed by atoms with E-state index in [0.717, 1.165) is 31.9 Å². The van der Waals surface area contributed by atoms with Crippen LogP contribution in [0, 0.1) is 0 Å². The first-order chi connectivity index (χ1) is 15.5. The molecule has 0 bridgehead atoms. The van der Waals surface area contributed by atoms with Gasteiger partial charge in [-0.3, -0.25) is 9.48 Å². The minimum atomic E-state index is -0.426. The van der Waals surface area contributed by atoms with Gasteiger partial charge < -0.3 is 15.7 Å². The predicted molar refractivity (Wildman–Crippen MR) is 125 cm³/mol. The number of fused-ring (bicyclic) bond motifs is 1. The standard InChI is InChI=1S/C23H24N6O2S/c1-14(23(31)28-8-6-17(30)7-9-28)29-13-16(12-26-29)15-10-18(21(24)25-11-15)22-27-19-4-2-3-5-20(19)32-22/h2-5,10-14,17,30H,6-9H2,1H3,(H2,24,25). The molecule has 32 heavy (non-hydrogen) atoms. The number of amides is 1. The number of carbonyl (C=O) groups is 1. The largest absolute Gasteiger partial charge is 0.393 e. The van der Waals surface area contributed by atoms with Crippen molar-refractivity contribution in [2.45, 2.75) is 31.9 Å². The van der Waals surface area contributed by atoms with E-state index >= 15 is 0 Å². The maximum atomic E-state index is 12.9. The van der Waals surface area contributed by atoms with Crippen molar-refractivity contribution in [1.82, 2.24) is 24.6 Å². The van der Waals surface area contributed by atoms with Crippen LogP contribution in [0.3, 0.4) is 0 Å². The number of hydrogen-bond donors (Lipinski definition) is 2. The summed E-state index contributed by atoms with van der Waals surface area (Å²) in [6.45, 7) is 3.00. The topological polar surface area (TPSA) is 110 Å². The average Bonchev–Trinajstić information content (AvgIpc) is 3.46. The number of pyridine rings is 1. The van der Waals surface area contributed by atoms with Crippen LogP contribution in [0.5, 0.6) is 0 Å². The van der Waals surface area contributed by atoms with Crippen LogP contribution in [0.25, 0.3) is 31.9 Å². The number of aromatic nitrogens is 4. The molecule has 1 unspecified atom stereocenters. The zero-order valence-corrected chi connectivity index (χ0v) is 18.5. The van der Waals surface area contributed by atoms with Crippen molar-refractivity contribution in [1.29, 1.82) is 0 Å². The molecule has 1 atom stereocenters. The van der Waals surface area contributed by atoms with Crippen LogP contribution in [-0.4, -0.2) is 54.9 Å². The number of aliphatic hydroxyl groups excluding tert-OH is 1. The van der Waals surface area contributed by atoms with Crippen LogP contribution >= 0.6 is 11.3 Å². The second-order valence-electron chi connectivity index (χ2n) is 8.08. The van der Waals surface area contributed by atoms with Crippen LogP contribution in [0.1, 0.15) is 25.8 Å². The summed E-state index contributed by atoms with van der Waals surface area (Å²) in [5.41, 5.74) is 9.61. The number of piperidine rings is 1. The van der Waals surface area contributed by atoms with Gasteiger partial charge in [0.15, 0.2) is 0 Å². The molecule has 1 aliphatic rings. The first kappa shape index (κ1) is 20.6. The van der Waals surface area contributed by atoms with E-state index in [4.69, 9.17) is 10.7 Å². The van der Waals surface area contributed by atoms with E-state index in [1.807, 2.05) is 43.5 Å². The fourth-order valence-corrected chi connectivity index (χ4v) is 4.95. The molecule has 3 aromatic heterocycles. The van der Waals surface area contributed by atoms with Gasteiger partial charge in [-0.25, -0.2) is 9.97 Å². The lowest BCUT2D eigenvalue weighted by molar-refractivity contribution is -0.136. The van der Waals surface area contributed by atoms with Gasteiger partial charge in [0.2, 0.25) is 5.91 Å². The smallest absolute Gasteiger partial charge is 0.247 e. The van der Waals surface area contributed by atoms with Crippen molar-refractivity contribution in [3.8, 4) is 21.7 Å². The number of hydrogen-bond acceptors (Lipinski definition) is 7. The molecule has 0 spiro atoms. The maximum Gasteiger partial charge on any atom is 0.247 e. The molecule has 0 saturated carbocycles. The van der Waals surface area contributed by atoms with E-state index < -0.39 is 6.04 Å². The van der Waals surface area contributed by atoms with Gasteiger partial charge in [-0.2, -0.15) is 5.10 Å². The maximum absolute atomic E-state index is 12.9. The molecular weight excluding hydrogens is 424 g/mol. The van der Waals surface area contributed by atoms with Gasteiger partial charge in [0, 0.05) is 36.6 Å². The van der Waals surface area contributed by atoms with Crippen LogP contribution < -0.4 is 5.73 Å². The van der Waals surface area contributed by atoms with Crippen LogP contribution in [0.15, 0.2) is 48.9 Å². The summed E-state index contributed by atoms with van der Waals surface area (Å²) in [6, 6.07) is 9.52. The Kier molecular flexibility index (Phi) is 5.36. The summed E-state index contributed by atoms with van der Waals surface area (Å²) >= 11 is 1.58. The Hall–Kier alpha value is -3.30. The first-order valence-electron chi connectivity index (χ1n) is 10.6. The number of benzene rings is 1. The van der Waals surface area contributed by atoms with Crippen molar-refractivity contribution in [2.75, 3.05) is 18.8 Å². The molecule has 164 valence electrons. The number of anilines is 1. The monoisotopic (exact) mass is 448 g/mol. The lowest BCUT2D eigenvalue weighted by Crippen LogP contribution is -2.43. The van der Waals surface area contributed by atoms with Crippen LogP contribution in [-0.2, 0) is 4.79 Å². The zero-order valence-electron chi connectivity index (χ0n) is 17.7. The SMILES string of the molecule is CC(C(=O)N1CCC(O)CC1)n1cc(-c2cnc(N)c(-c3nc4ccccc4s3)c2)cn1. The molecule has 1 fully saturated rings. The van der Waals surface area contributed by atoms with Gasteiger partial charge in [0.05, 0.1) is 28.1 Å². The predicted octanol–water partition coefficient (Wildman–Crippen LogP) is 3.35. The summed E-state index contributed by atoms with van der Waals surface area (Å²) in [5, 5.41) is 14.9. The van der Waals surface area contributed by atoms with Gasteiger partial charge in [0.1, 0.15) is 16.9 Å². The fraction of sp³-hybridized carbons (Fsp3) is 0.304. The summed E-state index contributed by atoms with van der Waals surface area (Å²) in [5.74, 6) is 0.438. The van der Waals surface area contributed by atoms with Crippen molar-refractivity contribution < 1.29 is 9.90 Å². The summed E-state index contributed by atoms with van der Waals surface area (Å²) in [6.07, 6.45) is 6.23. The molecule has 1 saturated heterocycles. The highest BCUT2D eigenvalue weighted by Crippen LogP contribution is 2.35. The second kappa shape index (κ2) is 8.33. The third kappa shape index (κ3) is 3.85. The molecule has 9 heteroatoms. The number of rotatable bonds is 4. The molecule has 0 radical (unpaired) electrons. The highest BCUT2D eigenvalue weighted by atomic mass is 32.1. The fourth-order valence-electron chi connectivity index (χ4n) is 3.95. The molecule has 3 N–H and O–H groups in total. The molecule has 1 aromatic carbocycles. The van der Waals surface area contributed by atoms with Gasteiger partial charge in [-0.15, -0.1) is 11.3 Å². The van der Waals surface area contributed by atoms with Crippen molar-refractivity contribution in [3.63, 3.8) is 0 Å².